The van der Waals surface area contributed by atoms with Crippen LogP contribution in [-0.2, 0) is 30.2 Å². The lowest BCUT2D eigenvalue weighted by Gasteiger charge is -2.41. The zero-order valence-electron chi connectivity index (χ0n) is 21.4. The lowest BCUT2D eigenvalue weighted by atomic mass is 9.77. The molecule has 5 heterocycles. The molecule has 12 nitrogen and oxygen atoms in total. The van der Waals surface area contributed by atoms with E-state index in [-0.39, 0.29) is 12.6 Å². The summed E-state index contributed by atoms with van der Waals surface area (Å²) in [4.78, 5) is 18.6. The fourth-order valence-electron chi connectivity index (χ4n) is 6.63. The Balaban J connectivity index is 1.29. The number of para-hydroxylation sites is 1. The van der Waals surface area contributed by atoms with E-state index in [4.69, 9.17) is 18.9 Å². The molecule has 0 bridgehead atoms. The Labute approximate surface area is 224 Å². The van der Waals surface area contributed by atoms with Gasteiger partial charge in [-0.2, -0.15) is 0 Å². The van der Waals surface area contributed by atoms with Gasteiger partial charge < -0.3 is 49.5 Å². The van der Waals surface area contributed by atoms with Crippen LogP contribution in [0.25, 0.3) is 10.9 Å². The van der Waals surface area contributed by atoms with Crippen molar-refractivity contribution in [2.75, 3.05) is 26.8 Å². The van der Waals surface area contributed by atoms with Crippen LogP contribution in [0.5, 0.6) is 0 Å². The Morgan fingerprint density at radius 1 is 1.13 bits per heavy atom. The predicted molar refractivity (Wildman–Crippen MR) is 134 cm³/mol. The number of carbonyl (C=O) groups excluding carboxylic acids is 1. The van der Waals surface area contributed by atoms with Crippen LogP contribution in [0.1, 0.15) is 23.7 Å². The van der Waals surface area contributed by atoms with Gasteiger partial charge in [-0.3, -0.25) is 4.90 Å². The van der Waals surface area contributed by atoms with Gasteiger partial charge in [-0.25, -0.2) is 4.79 Å². The SMILES string of the molecule is COC(=O)C1=COC(OCC2OC(O)C(O)C(O)C2O)C2C(O)CN3CCc4c([nH]c5ccccc45)C3CC12. The third-order valence-corrected chi connectivity index (χ3v) is 8.65. The minimum absolute atomic E-state index is 0.0899. The van der Waals surface area contributed by atoms with Crippen molar-refractivity contribution in [3.8, 4) is 0 Å². The van der Waals surface area contributed by atoms with Gasteiger partial charge in [0.05, 0.1) is 43.6 Å². The van der Waals surface area contributed by atoms with Crippen molar-refractivity contribution < 1.29 is 49.3 Å². The number of rotatable bonds is 4. The third kappa shape index (κ3) is 4.54. The van der Waals surface area contributed by atoms with E-state index in [0.717, 1.165) is 24.2 Å². The quantitative estimate of drug-likeness (QED) is 0.268. The maximum absolute atomic E-state index is 12.8. The van der Waals surface area contributed by atoms with Gasteiger partial charge >= 0.3 is 5.97 Å². The number of aromatic nitrogens is 1. The average Bonchev–Trinajstić information content (AvgIpc) is 3.25. The van der Waals surface area contributed by atoms with E-state index in [9.17, 15) is 30.3 Å². The third-order valence-electron chi connectivity index (χ3n) is 8.65. The van der Waals surface area contributed by atoms with E-state index in [1.165, 1.54) is 24.3 Å². The van der Waals surface area contributed by atoms with Gasteiger partial charge in [-0.05, 0) is 24.5 Å². The molecule has 4 aliphatic rings. The summed E-state index contributed by atoms with van der Waals surface area (Å²) < 4.78 is 22.0. The molecule has 1 aromatic carbocycles. The molecular formula is C27H34N2O10. The lowest BCUT2D eigenvalue weighted by molar-refractivity contribution is -0.299. The number of methoxy groups -OCH3 is 1. The second-order valence-electron chi connectivity index (χ2n) is 10.7. The summed E-state index contributed by atoms with van der Waals surface area (Å²) in [5, 5.41) is 52.6. The van der Waals surface area contributed by atoms with Crippen LogP contribution in [0.4, 0.5) is 0 Å². The van der Waals surface area contributed by atoms with Crippen LogP contribution in [0, 0.1) is 11.8 Å². The van der Waals surface area contributed by atoms with E-state index < -0.39 is 60.9 Å². The van der Waals surface area contributed by atoms with Gasteiger partial charge in [0.15, 0.2) is 6.29 Å². The number of fused-ring (bicyclic) bond motifs is 6. The van der Waals surface area contributed by atoms with Crippen LogP contribution >= 0.6 is 0 Å². The fourth-order valence-corrected chi connectivity index (χ4v) is 6.63. The van der Waals surface area contributed by atoms with Crippen LogP contribution in [0.2, 0.25) is 0 Å². The molecule has 12 heteroatoms. The van der Waals surface area contributed by atoms with Gasteiger partial charge in [0, 0.05) is 35.6 Å². The van der Waals surface area contributed by atoms with Crippen LogP contribution in [0.15, 0.2) is 36.1 Å². The van der Waals surface area contributed by atoms with Crippen LogP contribution < -0.4 is 0 Å². The maximum Gasteiger partial charge on any atom is 0.337 e. The van der Waals surface area contributed by atoms with Crippen molar-refractivity contribution in [1.82, 2.24) is 9.88 Å². The van der Waals surface area contributed by atoms with E-state index >= 15 is 0 Å². The molecule has 0 aliphatic carbocycles. The first kappa shape index (κ1) is 26.7. The Hall–Kier alpha value is -2.55. The number of aliphatic hydroxyl groups is 5. The molecule has 10 unspecified atom stereocenters. The van der Waals surface area contributed by atoms with Crippen molar-refractivity contribution in [1.29, 1.82) is 0 Å². The van der Waals surface area contributed by atoms with Crippen molar-refractivity contribution >= 4 is 16.9 Å². The molecule has 6 rings (SSSR count). The van der Waals surface area contributed by atoms with Gasteiger partial charge in [0.1, 0.15) is 24.4 Å². The Morgan fingerprint density at radius 2 is 1.92 bits per heavy atom. The Morgan fingerprint density at radius 3 is 2.72 bits per heavy atom. The second-order valence-corrected chi connectivity index (χ2v) is 10.7. The molecule has 10 atom stereocenters. The number of aliphatic hydroxyl groups excluding tert-OH is 5. The minimum Gasteiger partial charge on any atom is -0.472 e. The lowest BCUT2D eigenvalue weighted by Crippen LogP contribution is -2.59. The summed E-state index contributed by atoms with van der Waals surface area (Å²) in [6.07, 6.45) is -6.98. The number of nitrogens with zero attached hydrogens (tertiary/aromatic N) is 1. The van der Waals surface area contributed by atoms with Crippen molar-refractivity contribution in [3.63, 3.8) is 0 Å². The molecule has 2 saturated heterocycles. The number of esters is 1. The molecule has 0 saturated carbocycles. The van der Waals surface area contributed by atoms with E-state index in [1.807, 2.05) is 18.2 Å². The zero-order valence-corrected chi connectivity index (χ0v) is 21.4. The first-order chi connectivity index (χ1) is 18.8. The number of benzene rings is 1. The molecule has 212 valence electrons. The van der Waals surface area contributed by atoms with Crippen molar-refractivity contribution in [2.24, 2.45) is 11.8 Å². The van der Waals surface area contributed by atoms with E-state index in [2.05, 4.69) is 16.0 Å². The minimum atomic E-state index is -1.70. The molecular weight excluding hydrogens is 512 g/mol. The number of H-pyrrole nitrogens is 1. The molecule has 0 radical (unpaired) electrons. The highest BCUT2D eigenvalue weighted by Gasteiger charge is 2.51. The summed E-state index contributed by atoms with van der Waals surface area (Å²) in [6, 6.07) is 8.05. The summed E-state index contributed by atoms with van der Waals surface area (Å²) in [7, 11) is 1.30. The number of nitrogens with one attached hydrogen (secondary N) is 1. The number of carbonyl (C=O) groups is 1. The number of ether oxygens (including phenoxy) is 4. The normalized spacial score (nSPS) is 38.6. The average molecular weight is 547 g/mol. The fraction of sp³-hybridized carbons (Fsp3) is 0.593. The summed E-state index contributed by atoms with van der Waals surface area (Å²) in [5.74, 6) is -1.69. The summed E-state index contributed by atoms with van der Waals surface area (Å²) in [6.45, 7) is 0.758. The Bertz CT molecular complexity index is 1250. The van der Waals surface area contributed by atoms with E-state index in [0.29, 0.717) is 18.5 Å². The van der Waals surface area contributed by atoms with Gasteiger partial charge in [-0.15, -0.1) is 0 Å². The summed E-state index contributed by atoms with van der Waals surface area (Å²) >= 11 is 0. The number of aromatic amines is 1. The largest absolute Gasteiger partial charge is 0.472 e. The highest BCUT2D eigenvalue weighted by molar-refractivity contribution is 5.89. The number of hydrogen-bond donors (Lipinski definition) is 6. The molecule has 1 aromatic heterocycles. The predicted octanol–water partition coefficient (Wildman–Crippen LogP) is -0.706. The molecule has 4 aliphatic heterocycles. The summed E-state index contributed by atoms with van der Waals surface area (Å²) in [5.41, 5.74) is 3.66. The highest BCUT2D eigenvalue weighted by atomic mass is 16.7. The standard InChI is InChI=1S/C27H34N2O10/c1-36-25(34)15-10-37-27(38-11-19-22(31)23(32)24(33)26(35)39-19)20-14(15)8-17-21-13(6-7-29(17)9-18(20)30)12-4-2-3-5-16(12)28-21/h2-5,10,14,17-20,22-24,26-28,30-33,35H,6-9,11H2,1H3. The molecule has 2 fully saturated rings. The molecule has 0 spiro atoms. The highest BCUT2D eigenvalue weighted by Crippen LogP contribution is 2.47. The monoisotopic (exact) mass is 546 g/mol. The Kier molecular flexibility index (Phi) is 7.14. The van der Waals surface area contributed by atoms with Crippen LogP contribution in [-0.4, -0.2) is 111 Å². The van der Waals surface area contributed by atoms with Crippen molar-refractivity contribution in [2.45, 2.75) is 62.0 Å². The first-order valence-corrected chi connectivity index (χ1v) is 13.2. The molecule has 39 heavy (non-hydrogen) atoms. The van der Waals surface area contributed by atoms with Gasteiger partial charge in [-0.1, -0.05) is 18.2 Å². The molecule has 2 aromatic rings. The molecule has 0 amide bonds. The maximum atomic E-state index is 12.8. The van der Waals surface area contributed by atoms with Gasteiger partial charge in [0.2, 0.25) is 6.29 Å². The smallest absolute Gasteiger partial charge is 0.337 e. The zero-order chi connectivity index (χ0) is 27.4. The van der Waals surface area contributed by atoms with E-state index in [1.54, 1.807) is 0 Å². The number of hydrogen-bond acceptors (Lipinski definition) is 11. The topological polar surface area (TPSA) is 174 Å². The second kappa shape index (κ2) is 10.5. The van der Waals surface area contributed by atoms with Crippen molar-refractivity contribution in [3.05, 3.63) is 47.4 Å². The molecule has 6 N–H and O–H groups in total. The first-order valence-electron chi connectivity index (χ1n) is 13.2. The van der Waals surface area contributed by atoms with Crippen LogP contribution in [0.3, 0.4) is 0 Å². The van der Waals surface area contributed by atoms with Gasteiger partial charge in [0.25, 0.3) is 0 Å².